The summed E-state index contributed by atoms with van der Waals surface area (Å²) in [6.45, 7) is 5.96. The second kappa shape index (κ2) is 11.5. The maximum atomic E-state index is 13.5. The number of aromatic hydroxyl groups is 1. The van der Waals surface area contributed by atoms with Crippen LogP contribution in [0.25, 0.3) is 6.08 Å². The van der Waals surface area contributed by atoms with Gasteiger partial charge in [0.25, 0.3) is 0 Å². The van der Waals surface area contributed by atoms with Crippen molar-refractivity contribution < 1.29 is 24.9 Å². The van der Waals surface area contributed by atoms with Gasteiger partial charge in [-0.1, -0.05) is 48.7 Å². The molecule has 1 aliphatic heterocycles. The number of thiophene rings is 1. The molecule has 0 unspecified atom stereocenters. The van der Waals surface area contributed by atoms with E-state index in [1.165, 1.54) is 22.3 Å². The highest BCUT2D eigenvalue weighted by molar-refractivity contribution is 7.09. The Balaban J connectivity index is 1.56. The van der Waals surface area contributed by atoms with E-state index in [2.05, 4.69) is 0 Å². The second-order valence-corrected chi connectivity index (χ2v) is 11.8. The maximum Gasteiger partial charge on any atom is 0.234 e. The minimum Gasteiger partial charge on any atom is -0.508 e. The van der Waals surface area contributed by atoms with E-state index in [9.17, 15) is 24.9 Å². The number of rotatable bonds is 9. The average Bonchev–Trinajstić information content (AvgIpc) is 3.46. The number of likely N-dealkylation sites (tertiary alicyclic amines) is 1. The highest BCUT2D eigenvalue weighted by Crippen LogP contribution is 2.48. The van der Waals surface area contributed by atoms with Crippen LogP contribution in [0.1, 0.15) is 50.5 Å². The number of benzene rings is 1. The number of hydrogen-bond acceptors (Lipinski definition) is 6. The molecule has 1 aromatic heterocycles. The van der Waals surface area contributed by atoms with Crippen molar-refractivity contribution in [3.63, 3.8) is 0 Å². The zero-order chi connectivity index (χ0) is 26.9. The van der Waals surface area contributed by atoms with E-state index in [0.717, 1.165) is 21.6 Å². The summed E-state index contributed by atoms with van der Waals surface area (Å²) < 4.78 is 0. The van der Waals surface area contributed by atoms with Crippen LogP contribution in [0.5, 0.6) is 5.75 Å². The van der Waals surface area contributed by atoms with Crippen molar-refractivity contribution in [2.75, 3.05) is 6.61 Å². The lowest BCUT2D eigenvalue weighted by Crippen LogP contribution is -2.39. The Morgan fingerprint density at radius 3 is 2.62 bits per heavy atom. The van der Waals surface area contributed by atoms with E-state index in [4.69, 9.17) is 11.6 Å². The number of phenolic OH excluding ortho intramolecular Hbond substituents is 1. The third-order valence-corrected chi connectivity index (χ3v) is 8.74. The number of amides is 2. The van der Waals surface area contributed by atoms with E-state index in [1.54, 1.807) is 12.1 Å². The fraction of sp³-hybridized carbons (Fsp3) is 0.448. The number of allylic oxidation sites excluding steroid dienone is 2. The largest absolute Gasteiger partial charge is 0.508 e. The minimum atomic E-state index is -0.844. The second-order valence-electron chi connectivity index (χ2n) is 10.4. The van der Waals surface area contributed by atoms with Crippen molar-refractivity contribution in [1.29, 1.82) is 0 Å². The van der Waals surface area contributed by atoms with Crippen LogP contribution in [-0.4, -0.2) is 44.7 Å². The smallest absolute Gasteiger partial charge is 0.234 e. The van der Waals surface area contributed by atoms with Crippen LogP contribution in [0, 0.1) is 23.7 Å². The minimum absolute atomic E-state index is 0.0707. The molecule has 0 radical (unpaired) electrons. The third-order valence-electron chi connectivity index (χ3n) is 7.56. The molecule has 6 nitrogen and oxygen atoms in total. The molecule has 4 atom stereocenters. The first-order chi connectivity index (χ1) is 17.6. The molecule has 8 heteroatoms. The number of phenols is 1. The summed E-state index contributed by atoms with van der Waals surface area (Å²) in [4.78, 5) is 29.1. The molecule has 2 amide bonds. The zero-order valence-electron chi connectivity index (χ0n) is 21.4. The summed E-state index contributed by atoms with van der Waals surface area (Å²) in [5.41, 5.74) is 3.47. The standard InChI is InChI=1S/C29H34ClNO5S/c1-16(2)21-13-22-27(29(36)31(28(22)35)14-20-5-4-10-37-20)23(15-32)26(21)25(34)9-6-17(3)11-18-7-8-19(33)12-24(18)30/h4-5,7-8,10-12,16,22-23,25,27,32-34H,6,9,13-15H2,1-3H3/b17-11+/t22-,23+,25-,27-/m1/s1. The molecule has 0 saturated carbocycles. The van der Waals surface area contributed by atoms with Gasteiger partial charge in [-0.05, 0) is 72.9 Å². The summed E-state index contributed by atoms with van der Waals surface area (Å²) in [5, 5.41) is 33.8. The van der Waals surface area contributed by atoms with Gasteiger partial charge in [-0.2, -0.15) is 0 Å². The molecule has 1 aromatic carbocycles. The number of aliphatic hydroxyl groups is 2. The van der Waals surface area contributed by atoms with E-state index >= 15 is 0 Å². The molecular weight excluding hydrogens is 510 g/mol. The summed E-state index contributed by atoms with van der Waals surface area (Å²) in [7, 11) is 0. The first-order valence-corrected chi connectivity index (χ1v) is 13.9. The first kappa shape index (κ1) is 27.6. The van der Waals surface area contributed by atoms with Crippen LogP contribution in [0.3, 0.4) is 0 Å². The highest BCUT2D eigenvalue weighted by atomic mass is 35.5. The quantitative estimate of drug-likeness (QED) is 0.290. The van der Waals surface area contributed by atoms with Crippen molar-refractivity contribution in [2.24, 2.45) is 23.7 Å². The number of carbonyl (C=O) groups is 2. The van der Waals surface area contributed by atoms with Crippen molar-refractivity contribution in [2.45, 2.75) is 52.7 Å². The lowest BCUT2D eigenvalue weighted by molar-refractivity contribution is -0.140. The van der Waals surface area contributed by atoms with E-state index < -0.39 is 23.9 Å². The number of nitrogens with zero attached hydrogens (tertiary/aromatic N) is 1. The van der Waals surface area contributed by atoms with Crippen LogP contribution in [-0.2, 0) is 16.1 Å². The molecule has 2 heterocycles. The van der Waals surface area contributed by atoms with E-state index in [0.29, 0.717) is 29.9 Å². The molecule has 3 N–H and O–H groups in total. The number of halogens is 1. The summed E-state index contributed by atoms with van der Waals surface area (Å²) in [6, 6.07) is 8.61. The van der Waals surface area contributed by atoms with Gasteiger partial charge in [-0.3, -0.25) is 14.5 Å². The first-order valence-electron chi connectivity index (χ1n) is 12.7. The Kier molecular flexibility index (Phi) is 8.59. The third kappa shape index (κ3) is 5.70. The Labute approximate surface area is 226 Å². The molecular formula is C29H34ClNO5S. The predicted octanol–water partition coefficient (Wildman–Crippen LogP) is 5.42. The van der Waals surface area contributed by atoms with Gasteiger partial charge in [0.2, 0.25) is 11.8 Å². The number of imide groups is 1. The highest BCUT2D eigenvalue weighted by Gasteiger charge is 2.55. The van der Waals surface area contributed by atoms with E-state index in [-0.39, 0.29) is 36.6 Å². The summed E-state index contributed by atoms with van der Waals surface area (Å²) in [6.07, 6.45) is 2.50. The average molecular weight is 544 g/mol. The van der Waals surface area contributed by atoms with Gasteiger partial charge >= 0.3 is 0 Å². The van der Waals surface area contributed by atoms with Crippen LogP contribution in [0.2, 0.25) is 5.02 Å². The van der Waals surface area contributed by atoms with Crippen LogP contribution >= 0.6 is 22.9 Å². The predicted molar refractivity (Wildman–Crippen MR) is 146 cm³/mol. The van der Waals surface area contributed by atoms with Gasteiger partial charge < -0.3 is 15.3 Å². The molecule has 37 heavy (non-hydrogen) atoms. The van der Waals surface area contributed by atoms with Crippen molar-refractivity contribution >= 4 is 40.8 Å². The topological polar surface area (TPSA) is 98.1 Å². The van der Waals surface area contributed by atoms with Gasteiger partial charge in [0.05, 0.1) is 36.1 Å². The maximum absolute atomic E-state index is 13.5. The molecule has 4 rings (SSSR count). The fourth-order valence-corrected chi connectivity index (χ4v) is 6.64. The van der Waals surface area contributed by atoms with E-state index in [1.807, 2.05) is 44.4 Å². The molecule has 1 fully saturated rings. The fourth-order valence-electron chi connectivity index (χ4n) is 5.71. The zero-order valence-corrected chi connectivity index (χ0v) is 22.9. The van der Waals surface area contributed by atoms with Crippen molar-refractivity contribution in [3.8, 4) is 5.75 Å². The SMILES string of the molecule is C/C(=C\c1ccc(O)cc1Cl)CC[C@@H](O)C1=C(C(C)C)C[C@H]2C(=O)N(Cc3cccs3)C(=O)[C@H]2[C@H]1CO. The lowest BCUT2D eigenvalue weighted by Gasteiger charge is -2.38. The van der Waals surface area contributed by atoms with Gasteiger partial charge in [0.1, 0.15) is 5.75 Å². The Bertz CT molecular complexity index is 1220. The van der Waals surface area contributed by atoms with Crippen LogP contribution < -0.4 is 0 Å². The number of fused-ring (bicyclic) bond motifs is 1. The summed E-state index contributed by atoms with van der Waals surface area (Å²) >= 11 is 7.74. The molecule has 198 valence electrons. The number of carbonyl (C=O) groups excluding carboxylic acids is 2. The van der Waals surface area contributed by atoms with Crippen molar-refractivity contribution in [1.82, 2.24) is 4.90 Å². The van der Waals surface area contributed by atoms with Gasteiger partial charge in [-0.15, -0.1) is 11.3 Å². The normalized spacial score (nSPS) is 23.3. The Hall–Kier alpha value is -2.45. The number of hydrogen-bond donors (Lipinski definition) is 3. The van der Waals surface area contributed by atoms with Gasteiger partial charge in [0.15, 0.2) is 0 Å². The number of aliphatic hydroxyl groups excluding tert-OH is 2. The monoisotopic (exact) mass is 543 g/mol. The Morgan fingerprint density at radius 1 is 1.24 bits per heavy atom. The lowest BCUT2D eigenvalue weighted by atomic mass is 9.66. The van der Waals surface area contributed by atoms with Crippen molar-refractivity contribution in [3.05, 3.63) is 67.9 Å². The Morgan fingerprint density at radius 2 is 2.00 bits per heavy atom. The molecule has 1 aliphatic carbocycles. The molecule has 1 saturated heterocycles. The molecule has 0 spiro atoms. The van der Waals surface area contributed by atoms with Crippen LogP contribution in [0.4, 0.5) is 0 Å². The molecule has 0 bridgehead atoms. The van der Waals surface area contributed by atoms with Gasteiger partial charge in [-0.25, -0.2) is 0 Å². The molecule has 2 aromatic rings. The van der Waals surface area contributed by atoms with Gasteiger partial charge in [0, 0.05) is 10.8 Å². The van der Waals surface area contributed by atoms with Crippen LogP contribution in [0.15, 0.2) is 52.4 Å². The summed E-state index contributed by atoms with van der Waals surface area (Å²) in [5.74, 6) is -2.02. The molecule has 2 aliphatic rings.